The van der Waals surface area contributed by atoms with Crippen LogP contribution in [0.15, 0.2) is 54.6 Å². The van der Waals surface area contributed by atoms with Crippen LogP contribution in [0.4, 0.5) is 0 Å². The molecule has 4 atom stereocenters. The van der Waals surface area contributed by atoms with Gasteiger partial charge in [0.25, 0.3) is 0 Å². The molecule has 2 N–H and O–H groups in total. The molecule has 5 nitrogen and oxygen atoms in total. The number of nitrogens with two attached hydrogens (primary N) is 1. The zero-order valence-electron chi connectivity index (χ0n) is 20.5. The minimum atomic E-state index is -0.496. The van der Waals surface area contributed by atoms with E-state index in [1.807, 2.05) is 12.1 Å². The van der Waals surface area contributed by atoms with Crippen LogP contribution in [0.3, 0.4) is 0 Å². The van der Waals surface area contributed by atoms with E-state index >= 15 is 0 Å². The molecule has 33 heavy (non-hydrogen) atoms. The third-order valence-electron chi connectivity index (χ3n) is 7.94. The highest BCUT2D eigenvalue weighted by molar-refractivity contribution is 5.35. The van der Waals surface area contributed by atoms with Crippen LogP contribution >= 0.6 is 0 Å². The smallest absolute Gasteiger partial charge is 0.148 e. The fourth-order valence-corrected chi connectivity index (χ4v) is 5.63. The molecule has 2 saturated heterocycles. The molecule has 2 aromatic carbocycles. The van der Waals surface area contributed by atoms with E-state index in [0.29, 0.717) is 12.7 Å². The second-order valence-corrected chi connectivity index (χ2v) is 9.87. The molecule has 4 rings (SSSR count). The Morgan fingerprint density at radius 3 is 2.58 bits per heavy atom. The van der Waals surface area contributed by atoms with Gasteiger partial charge in [-0.15, -0.1) is 0 Å². The van der Waals surface area contributed by atoms with Crippen molar-refractivity contribution in [3.8, 4) is 5.75 Å². The standard InChI is InChI=1S/C28H40N2O3/c1-22-27(2,33-21-32-22)17-9-10-18-30-19-11-15-25(20-23-12-7-8-16-26(23)31-3)28(30,29)24-13-5-4-6-14-24/h4-8,12-14,16,22,25H,9-11,15,17-21,29H2,1-3H3/t22?,25-,27?,28+/m0/s1. The van der Waals surface area contributed by atoms with Crippen LogP contribution in [-0.4, -0.2) is 43.6 Å². The lowest BCUT2D eigenvalue weighted by Gasteiger charge is -2.50. The Hall–Kier alpha value is -1.92. The van der Waals surface area contributed by atoms with Gasteiger partial charge in [0.05, 0.1) is 24.5 Å². The number of unbranched alkanes of at least 4 members (excludes halogenated alkanes) is 1. The summed E-state index contributed by atoms with van der Waals surface area (Å²) in [6, 6.07) is 19.0. The van der Waals surface area contributed by atoms with Gasteiger partial charge in [-0.1, -0.05) is 48.5 Å². The first-order chi connectivity index (χ1) is 16.0. The zero-order chi connectivity index (χ0) is 23.3. The molecule has 2 heterocycles. The van der Waals surface area contributed by atoms with Crippen molar-refractivity contribution in [3.63, 3.8) is 0 Å². The number of methoxy groups -OCH3 is 1. The van der Waals surface area contributed by atoms with Crippen molar-refractivity contribution in [1.29, 1.82) is 0 Å². The van der Waals surface area contributed by atoms with Crippen LogP contribution in [0.1, 0.15) is 57.1 Å². The molecule has 5 heteroatoms. The molecule has 2 aliphatic rings. The summed E-state index contributed by atoms with van der Waals surface area (Å²) in [5.41, 5.74) is 9.17. The maximum absolute atomic E-state index is 7.40. The lowest BCUT2D eigenvalue weighted by atomic mass is 9.75. The number of rotatable bonds is 9. The summed E-state index contributed by atoms with van der Waals surface area (Å²) in [5.74, 6) is 1.26. The van der Waals surface area contributed by atoms with Crippen LogP contribution < -0.4 is 10.5 Å². The van der Waals surface area contributed by atoms with Crippen LogP contribution in [0.2, 0.25) is 0 Å². The fourth-order valence-electron chi connectivity index (χ4n) is 5.63. The van der Waals surface area contributed by atoms with Gasteiger partial charge >= 0.3 is 0 Å². The summed E-state index contributed by atoms with van der Waals surface area (Å²) in [5, 5.41) is 0. The molecule has 0 bridgehead atoms. The maximum atomic E-state index is 7.40. The highest BCUT2D eigenvalue weighted by atomic mass is 16.7. The van der Waals surface area contributed by atoms with Gasteiger partial charge in [0.1, 0.15) is 12.5 Å². The molecule has 0 radical (unpaired) electrons. The van der Waals surface area contributed by atoms with E-state index in [1.165, 1.54) is 11.1 Å². The van der Waals surface area contributed by atoms with Gasteiger partial charge in [0, 0.05) is 13.1 Å². The average Bonchev–Trinajstić information content (AvgIpc) is 3.17. The van der Waals surface area contributed by atoms with Gasteiger partial charge in [0.15, 0.2) is 0 Å². The Bertz CT molecular complexity index is 892. The first-order valence-electron chi connectivity index (χ1n) is 12.4. The number of piperidine rings is 1. The molecular formula is C28H40N2O3. The molecule has 180 valence electrons. The second kappa shape index (κ2) is 10.6. The quantitative estimate of drug-likeness (QED) is 0.538. The predicted octanol–water partition coefficient (Wildman–Crippen LogP) is 5.08. The highest BCUT2D eigenvalue weighted by Gasteiger charge is 2.44. The van der Waals surface area contributed by atoms with Crippen LogP contribution in [-0.2, 0) is 21.6 Å². The van der Waals surface area contributed by atoms with Gasteiger partial charge in [-0.3, -0.25) is 4.90 Å². The number of hydrogen-bond donors (Lipinski definition) is 1. The van der Waals surface area contributed by atoms with Gasteiger partial charge < -0.3 is 19.9 Å². The van der Waals surface area contributed by atoms with E-state index in [9.17, 15) is 0 Å². The monoisotopic (exact) mass is 452 g/mol. The minimum Gasteiger partial charge on any atom is -0.496 e. The van der Waals surface area contributed by atoms with E-state index in [-0.39, 0.29) is 11.7 Å². The number of para-hydroxylation sites is 1. The number of ether oxygens (including phenoxy) is 3. The molecular weight excluding hydrogens is 412 g/mol. The minimum absolute atomic E-state index is 0.149. The predicted molar refractivity (Wildman–Crippen MR) is 132 cm³/mol. The summed E-state index contributed by atoms with van der Waals surface area (Å²) in [6.45, 7) is 6.71. The summed E-state index contributed by atoms with van der Waals surface area (Å²) in [4.78, 5) is 2.53. The number of benzene rings is 2. The summed E-state index contributed by atoms with van der Waals surface area (Å²) in [6.07, 6.45) is 6.54. The normalized spacial score (nSPS) is 30.4. The Kier molecular flexibility index (Phi) is 7.75. The Morgan fingerprint density at radius 1 is 1.09 bits per heavy atom. The highest BCUT2D eigenvalue weighted by Crippen LogP contribution is 2.41. The molecule has 2 aliphatic heterocycles. The van der Waals surface area contributed by atoms with E-state index in [1.54, 1.807) is 7.11 Å². The molecule has 0 aliphatic carbocycles. The Morgan fingerprint density at radius 2 is 1.85 bits per heavy atom. The van der Waals surface area contributed by atoms with Crippen molar-refractivity contribution >= 4 is 0 Å². The topological polar surface area (TPSA) is 57.0 Å². The molecule has 0 amide bonds. The van der Waals surface area contributed by atoms with E-state index < -0.39 is 5.66 Å². The molecule has 2 unspecified atom stereocenters. The average molecular weight is 453 g/mol. The molecule has 0 aromatic heterocycles. The summed E-state index contributed by atoms with van der Waals surface area (Å²) >= 11 is 0. The molecule has 2 aromatic rings. The van der Waals surface area contributed by atoms with E-state index in [4.69, 9.17) is 19.9 Å². The number of likely N-dealkylation sites (tertiary alicyclic amines) is 1. The zero-order valence-corrected chi connectivity index (χ0v) is 20.5. The van der Waals surface area contributed by atoms with Gasteiger partial charge in [-0.2, -0.15) is 0 Å². The summed E-state index contributed by atoms with van der Waals surface area (Å²) < 4.78 is 17.2. The maximum Gasteiger partial charge on any atom is 0.148 e. The van der Waals surface area contributed by atoms with Crippen molar-refractivity contribution < 1.29 is 14.2 Å². The van der Waals surface area contributed by atoms with Crippen molar-refractivity contribution in [3.05, 3.63) is 65.7 Å². The molecule has 0 spiro atoms. The van der Waals surface area contributed by atoms with Crippen molar-refractivity contribution in [2.75, 3.05) is 27.0 Å². The van der Waals surface area contributed by atoms with E-state index in [0.717, 1.165) is 57.4 Å². The number of nitrogens with zero attached hydrogens (tertiary/aromatic N) is 1. The lowest BCUT2D eigenvalue weighted by molar-refractivity contribution is -0.0159. The van der Waals surface area contributed by atoms with Crippen molar-refractivity contribution in [2.45, 2.75) is 69.7 Å². The molecule has 0 saturated carbocycles. The van der Waals surface area contributed by atoms with E-state index in [2.05, 4.69) is 61.2 Å². The van der Waals surface area contributed by atoms with Gasteiger partial charge in [-0.25, -0.2) is 0 Å². The van der Waals surface area contributed by atoms with Crippen molar-refractivity contribution in [1.82, 2.24) is 4.90 Å². The lowest BCUT2D eigenvalue weighted by Crippen LogP contribution is -2.61. The third-order valence-corrected chi connectivity index (χ3v) is 7.94. The van der Waals surface area contributed by atoms with Crippen LogP contribution in [0.25, 0.3) is 0 Å². The molecule has 2 fully saturated rings. The van der Waals surface area contributed by atoms with Crippen LogP contribution in [0.5, 0.6) is 5.75 Å². The summed E-state index contributed by atoms with van der Waals surface area (Å²) in [7, 11) is 1.75. The van der Waals surface area contributed by atoms with Crippen molar-refractivity contribution in [2.24, 2.45) is 11.7 Å². The third kappa shape index (κ3) is 5.12. The SMILES string of the molecule is COc1ccccc1C[C@@H]1CCCN(CCCCC2(C)OCOC2C)[C@]1(N)c1ccccc1. The number of hydrogen-bond acceptors (Lipinski definition) is 5. The Labute approximate surface area is 199 Å². The van der Waals surface area contributed by atoms with Gasteiger partial charge in [0.2, 0.25) is 0 Å². The fraction of sp³-hybridized carbons (Fsp3) is 0.571. The largest absolute Gasteiger partial charge is 0.496 e. The first-order valence-corrected chi connectivity index (χ1v) is 12.4. The first kappa shape index (κ1) is 24.2. The van der Waals surface area contributed by atoms with Gasteiger partial charge in [-0.05, 0) is 75.5 Å². The second-order valence-electron chi connectivity index (χ2n) is 9.87. The van der Waals surface area contributed by atoms with Crippen LogP contribution in [0, 0.1) is 5.92 Å². The Balaban J connectivity index is 1.50.